The Morgan fingerprint density at radius 2 is 2.16 bits per heavy atom. The van der Waals surface area contributed by atoms with Crippen molar-refractivity contribution in [3.8, 4) is 11.5 Å². The topological polar surface area (TPSA) is 115 Å². The lowest BCUT2D eigenvalue weighted by atomic mass is 9.99. The third kappa shape index (κ3) is 5.72. The highest BCUT2D eigenvalue weighted by molar-refractivity contribution is 5.76. The van der Waals surface area contributed by atoms with Gasteiger partial charge in [0.05, 0.1) is 12.4 Å². The molecule has 4 rings (SSSR count). The maximum atomic E-state index is 12.3. The second-order valence-electron chi connectivity index (χ2n) is 7.76. The van der Waals surface area contributed by atoms with Gasteiger partial charge in [-0.1, -0.05) is 5.16 Å². The first-order chi connectivity index (χ1) is 15.2. The summed E-state index contributed by atoms with van der Waals surface area (Å²) in [6.45, 7) is 5.93. The Bertz CT molecular complexity index is 971. The van der Waals surface area contributed by atoms with Crippen LogP contribution in [0, 0.1) is 0 Å². The van der Waals surface area contributed by atoms with Gasteiger partial charge in [-0.25, -0.2) is 4.98 Å². The van der Waals surface area contributed by atoms with E-state index in [1.54, 1.807) is 18.6 Å². The molecule has 3 aromatic rings. The van der Waals surface area contributed by atoms with Crippen LogP contribution in [-0.2, 0) is 17.9 Å². The Labute approximate surface area is 181 Å². The number of hydrogen-bond acceptors (Lipinski definition) is 8. The largest absolute Gasteiger partial charge is 0.356 e. The van der Waals surface area contributed by atoms with Crippen LogP contribution in [0.3, 0.4) is 0 Å². The first-order valence-electron chi connectivity index (χ1n) is 10.8. The Kier molecular flexibility index (Phi) is 6.98. The van der Waals surface area contributed by atoms with Crippen LogP contribution in [-0.4, -0.2) is 60.3 Å². The van der Waals surface area contributed by atoms with Crippen LogP contribution in [0.5, 0.6) is 0 Å². The molecule has 1 aliphatic heterocycles. The van der Waals surface area contributed by atoms with E-state index in [0.717, 1.165) is 45.4 Å². The van der Waals surface area contributed by atoms with E-state index in [9.17, 15) is 4.79 Å². The molecule has 1 saturated heterocycles. The Morgan fingerprint density at radius 1 is 1.23 bits per heavy atom. The zero-order valence-electron chi connectivity index (χ0n) is 17.8. The zero-order chi connectivity index (χ0) is 21.5. The summed E-state index contributed by atoms with van der Waals surface area (Å²) in [5.41, 5.74) is 1.75. The van der Waals surface area contributed by atoms with Crippen molar-refractivity contribution in [1.29, 1.82) is 0 Å². The Balaban J connectivity index is 1.43. The van der Waals surface area contributed by atoms with Crippen LogP contribution in [0.25, 0.3) is 11.5 Å². The minimum atomic E-state index is 0.0701. The number of amides is 1. The van der Waals surface area contributed by atoms with Gasteiger partial charge in [-0.15, -0.1) is 0 Å². The van der Waals surface area contributed by atoms with Gasteiger partial charge >= 0.3 is 0 Å². The second-order valence-corrected chi connectivity index (χ2v) is 7.76. The molecule has 164 valence electrons. The van der Waals surface area contributed by atoms with Crippen molar-refractivity contribution in [2.75, 3.05) is 19.6 Å². The first-order valence-corrected chi connectivity index (χ1v) is 10.8. The lowest BCUT2D eigenvalue weighted by molar-refractivity contribution is -0.121. The number of aryl methyl sites for hydroxylation is 1. The fourth-order valence-corrected chi connectivity index (χ4v) is 3.80. The van der Waals surface area contributed by atoms with Crippen molar-refractivity contribution in [2.24, 2.45) is 0 Å². The van der Waals surface area contributed by atoms with Crippen molar-refractivity contribution in [1.82, 2.24) is 40.1 Å². The second kappa shape index (κ2) is 10.3. The summed E-state index contributed by atoms with van der Waals surface area (Å²) >= 11 is 0. The Morgan fingerprint density at radius 3 is 2.97 bits per heavy atom. The summed E-state index contributed by atoms with van der Waals surface area (Å²) in [6, 6.07) is 0. The van der Waals surface area contributed by atoms with Crippen LogP contribution >= 0.6 is 0 Å². The van der Waals surface area contributed by atoms with E-state index in [1.807, 2.05) is 10.9 Å². The van der Waals surface area contributed by atoms with Crippen LogP contribution in [0.1, 0.15) is 50.0 Å². The van der Waals surface area contributed by atoms with Crippen molar-refractivity contribution < 1.29 is 9.32 Å². The molecular formula is C21H28N8O2. The van der Waals surface area contributed by atoms with Gasteiger partial charge in [-0.05, 0) is 32.7 Å². The molecular weight excluding hydrogens is 396 g/mol. The molecule has 0 spiro atoms. The number of nitrogens with zero attached hydrogens (tertiary/aromatic N) is 7. The van der Waals surface area contributed by atoms with Gasteiger partial charge in [0.2, 0.25) is 17.6 Å². The molecule has 1 amide bonds. The molecule has 1 atom stereocenters. The van der Waals surface area contributed by atoms with Crippen LogP contribution in [0.15, 0.2) is 35.5 Å². The van der Waals surface area contributed by atoms with Crippen LogP contribution in [0.2, 0.25) is 0 Å². The molecule has 1 unspecified atom stereocenters. The molecule has 0 radical (unpaired) electrons. The third-order valence-corrected chi connectivity index (χ3v) is 5.50. The van der Waals surface area contributed by atoms with Crippen molar-refractivity contribution in [3.05, 3.63) is 42.4 Å². The number of rotatable bonds is 5. The van der Waals surface area contributed by atoms with Gasteiger partial charge in [0.1, 0.15) is 5.69 Å². The lowest BCUT2D eigenvalue weighted by Gasteiger charge is -2.21. The molecule has 0 saturated carbocycles. The van der Waals surface area contributed by atoms with Crippen LogP contribution < -0.4 is 5.32 Å². The molecule has 10 nitrogen and oxygen atoms in total. The molecule has 31 heavy (non-hydrogen) atoms. The average molecular weight is 425 g/mol. The number of carbonyl (C=O) groups is 1. The smallest absolute Gasteiger partial charge is 0.230 e. The summed E-state index contributed by atoms with van der Waals surface area (Å²) in [7, 11) is 0. The van der Waals surface area contributed by atoms with E-state index < -0.39 is 0 Å². The number of aromatic nitrogens is 6. The zero-order valence-corrected chi connectivity index (χ0v) is 17.8. The van der Waals surface area contributed by atoms with E-state index in [1.165, 1.54) is 5.56 Å². The number of hydrogen-bond donors (Lipinski definition) is 1. The quantitative estimate of drug-likeness (QED) is 0.661. The third-order valence-electron chi connectivity index (χ3n) is 5.50. The first kappa shape index (κ1) is 21.1. The Hall–Kier alpha value is -3.14. The van der Waals surface area contributed by atoms with Gasteiger partial charge in [-0.2, -0.15) is 10.1 Å². The van der Waals surface area contributed by atoms with Gasteiger partial charge < -0.3 is 9.84 Å². The summed E-state index contributed by atoms with van der Waals surface area (Å²) in [5, 5.41) is 11.5. The monoisotopic (exact) mass is 424 g/mol. The van der Waals surface area contributed by atoms with Gasteiger partial charge in [0.15, 0.2) is 0 Å². The average Bonchev–Trinajstić information content (AvgIpc) is 3.45. The fraction of sp³-hybridized carbons (Fsp3) is 0.524. The highest BCUT2D eigenvalue weighted by atomic mass is 16.5. The molecule has 0 aromatic carbocycles. The molecule has 1 aliphatic rings. The molecule has 10 heteroatoms. The summed E-state index contributed by atoms with van der Waals surface area (Å²) in [4.78, 5) is 27.4. The van der Waals surface area contributed by atoms with E-state index in [-0.39, 0.29) is 11.8 Å². The minimum Gasteiger partial charge on any atom is -0.356 e. The molecule has 3 aromatic heterocycles. The summed E-state index contributed by atoms with van der Waals surface area (Å²) in [5.74, 6) is 1.18. The minimum absolute atomic E-state index is 0.0701. The predicted octanol–water partition coefficient (Wildman–Crippen LogP) is 2.02. The molecule has 0 aliphatic carbocycles. The SMILES string of the molecule is CCn1cc(CN2CCCC(c3nc(-c4cnccn4)no3)CCNC(=O)CC2)cn1. The van der Waals surface area contributed by atoms with Gasteiger partial charge in [0.25, 0.3) is 0 Å². The molecule has 1 N–H and O–H groups in total. The van der Waals surface area contributed by atoms with Crippen molar-refractivity contribution >= 4 is 5.91 Å². The summed E-state index contributed by atoms with van der Waals surface area (Å²) < 4.78 is 7.48. The fourth-order valence-electron chi connectivity index (χ4n) is 3.80. The van der Waals surface area contributed by atoms with Crippen LogP contribution in [0.4, 0.5) is 0 Å². The van der Waals surface area contributed by atoms with E-state index in [2.05, 4.69) is 48.5 Å². The van der Waals surface area contributed by atoms with E-state index in [0.29, 0.717) is 30.4 Å². The number of nitrogens with one attached hydrogen (secondary N) is 1. The van der Waals surface area contributed by atoms with Gasteiger partial charge in [-0.3, -0.25) is 19.4 Å². The maximum Gasteiger partial charge on any atom is 0.230 e. The normalized spacial score (nSPS) is 19.0. The standard InChI is InChI=1S/C21H28N8O2/c1-2-29-15-16(12-25-29)14-28-10-3-4-17(5-7-24-19(30)6-11-28)21-26-20(27-31-21)18-13-22-8-9-23-18/h8-9,12-13,15,17H,2-7,10-11,14H2,1H3,(H,24,30). The van der Waals surface area contributed by atoms with Crippen molar-refractivity contribution in [2.45, 2.75) is 51.6 Å². The van der Waals surface area contributed by atoms with E-state index in [4.69, 9.17) is 4.52 Å². The summed E-state index contributed by atoms with van der Waals surface area (Å²) in [6.07, 6.45) is 11.9. The highest BCUT2D eigenvalue weighted by Gasteiger charge is 2.22. The van der Waals surface area contributed by atoms with Gasteiger partial charge in [0, 0.05) is 62.7 Å². The maximum absolute atomic E-state index is 12.3. The van der Waals surface area contributed by atoms with E-state index >= 15 is 0 Å². The van der Waals surface area contributed by atoms with Crippen molar-refractivity contribution in [3.63, 3.8) is 0 Å². The lowest BCUT2D eigenvalue weighted by Crippen LogP contribution is -2.31. The number of carbonyl (C=O) groups excluding carboxylic acids is 1. The molecule has 4 heterocycles. The highest BCUT2D eigenvalue weighted by Crippen LogP contribution is 2.26. The molecule has 1 fully saturated rings. The molecule has 0 bridgehead atoms. The predicted molar refractivity (Wildman–Crippen MR) is 113 cm³/mol.